The maximum atomic E-state index is 11.9. The molecule has 0 bridgehead atoms. The summed E-state index contributed by atoms with van der Waals surface area (Å²) >= 11 is 0. The van der Waals surface area contributed by atoms with E-state index in [1.807, 2.05) is 18.2 Å². The van der Waals surface area contributed by atoms with Gasteiger partial charge in [-0.15, -0.1) is 0 Å². The van der Waals surface area contributed by atoms with Crippen molar-refractivity contribution in [1.29, 1.82) is 0 Å². The van der Waals surface area contributed by atoms with Gasteiger partial charge < -0.3 is 15.2 Å². The molecule has 2 heterocycles. The number of fused-ring (bicyclic) bond motifs is 1. The standard InChI is InChI=1S/C12H11N3O2/c16-12(14-11-4-6-17-15-11)9-2-1-8-3-5-13-10(8)7-9/h1-2,4,6-7,13H,3,5H2,(H,14,15,16). The third kappa shape index (κ3) is 1.87. The summed E-state index contributed by atoms with van der Waals surface area (Å²) in [6, 6.07) is 7.26. The quantitative estimate of drug-likeness (QED) is 0.825. The maximum absolute atomic E-state index is 11.9. The van der Waals surface area contributed by atoms with Crippen LogP contribution in [0.25, 0.3) is 0 Å². The highest BCUT2D eigenvalue weighted by Crippen LogP contribution is 2.23. The summed E-state index contributed by atoms with van der Waals surface area (Å²) in [5.74, 6) is 0.235. The van der Waals surface area contributed by atoms with Gasteiger partial charge in [-0.2, -0.15) is 0 Å². The first-order valence-corrected chi connectivity index (χ1v) is 5.41. The molecular formula is C12H11N3O2. The topological polar surface area (TPSA) is 67.2 Å². The SMILES string of the molecule is O=C(Nc1ccon1)c1ccc2c(c1)NCC2. The number of aromatic nitrogens is 1. The molecule has 17 heavy (non-hydrogen) atoms. The van der Waals surface area contributed by atoms with Gasteiger partial charge in [0.15, 0.2) is 5.82 Å². The van der Waals surface area contributed by atoms with Crippen LogP contribution in [0.15, 0.2) is 35.1 Å². The number of hydrogen-bond donors (Lipinski definition) is 2. The van der Waals surface area contributed by atoms with E-state index in [1.165, 1.54) is 11.8 Å². The van der Waals surface area contributed by atoms with Gasteiger partial charge >= 0.3 is 0 Å². The fourth-order valence-electron chi connectivity index (χ4n) is 1.90. The zero-order valence-corrected chi connectivity index (χ0v) is 9.06. The molecule has 0 radical (unpaired) electrons. The van der Waals surface area contributed by atoms with Gasteiger partial charge in [0, 0.05) is 23.9 Å². The molecule has 0 spiro atoms. The van der Waals surface area contributed by atoms with Gasteiger partial charge in [-0.1, -0.05) is 11.2 Å². The molecule has 0 aliphatic carbocycles. The number of rotatable bonds is 2. The number of nitrogens with zero attached hydrogens (tertiary/aromatic N) is 1. The van der Waals surface area contributed by atoms with Crippen LogP contribution in [0.3, 0.4) is 0 Å². The Morgan fingerprint density at radius 2 is 2.35 bits per heavy atom. The van der Waals surface area contributed by atoms with Gasteiger partial charge in [0.2, 0.25) is 0 Å². The Morgan fingerprint density at radius 1 is 1.41 bits per heavy atom. The Balaban J connectivity index is 1.82. The van der Waals surface area contributed by atoms with Crippen LogP contribution in [-0.4, -0.2) is 17.6 Å². The van der Waals surface area contributed by atoms with E-state index in [1.54, 1.807) is 6.07 Å². The number of benzene rings is 1. The zero-order valence-electron chi connectivity index (χ0n) is 9.06. The summed E-state index contributed by atoms with van der Waals surface area (Å²) in [7, 11) is 0. The first-order valence-electron chi connectivity index (χ1n) is 5.41. The fourth-order valence-corrected chi connectivity index (χ4v) is 1.90. The van der Waals surface area contributed by atoms with Gasteiger partial charge in [0.05, 0.1) is 0 Å². The van der Waals surface area contributed by atoms with Crippen molar-refractivity contribution < 1.29 is 9.32 Å². The number of nitrogens with one attached hydrogen (secondary N) is 2. The molecule has 0 unspecified atom stereocenters. The Morgan fingerprint density at radius 3 is 3.18 bits per heavy atom. The fraction of sp³-hybridized carbons (Fsp3) is 0.167. The lowest BCUT2D eigenvalue weighted by Gasteiger charge is -2.04. The minimum atomic E-state index is -0.185. The van der Waals surface area contributed by atoms with Crippen LogP contribution in [0.4, 0.5) is 11.5 Å². The molecule has 5 nitrogen and oxygen atoms in total. The summed E-state index contributed by atoms with van der Waals surface area (Å²) in [4.78, 5) is 11.9. The smallest absolute Gasteiger partial charge is 0.256 e. The summed E-state index contributed by atoms with van der Waals surface area (Å²) in [5.41, 5.74) is 2.90. The molecule has 2 aromatic rings. The molecule has 0 atom stereocenters. The molecule has 1 aromatic carbocycles. The zero-order chi connectivity index (χ0) is 11.7. The van der Waals surface area contributed by atoms with Crippen molar-refractivity contribution in [3.8, 4) is 0 Å². The highest BCUT2D eigenvalue weighted by atomic mass is 16.5. The minimum Gasteiger partial charge on any atom is -0.384 e. The third-order valence-electron chi connectivity index (χ3n) is 2.76. The van der Waals surface area contributed by atoms with Crippen molar-refractivity contribution in [2.45, 2.75) is 6.42 Å². The van der Waals surface area contributed by atoms with Crippen molar-refractivity contribution in [2.75, 3.05) is 17.2 Å². The highest BCUT2D eigenvalue weighted by Gasteiger charge is 2.13. The highest BCUT2D eigenvalue weighted by molar-refractivity contribution is 6.04. The molecule has 1 aliphatic rings. The van der Waals surface area contributed by atoms with Crippen molar-refractivity contribution in [1.82, 2.24) is 5.16 Å². The van der Waals surface area contributed by atoms with Gasteiger partial charge in [0.1, 0.15) is 6.26 Å². The normalized spacial score (nSPS) is 12.9. The van der Waals surface area contributed by atoms with Crippen molar-refractivity contribution in [3.05, 3.63) is 41.7 Å². The van der Waals surface area contributed by atoms with Crippen LogP contribution in [0.2, 0.25) is 0 Å². The summed E-state index contributed by atoms with van der Waals surface area (Å²) in [6.45, 7) is 0.934. The van der Waals surface area contributed by atoms with E-state index in [0.717, 1.165) is 18.7 Å². The van der Waals surface area contributed by atoms with E-state index in [2.05, 4.69) is 20.3 Å². The van der Waals surface area contributed by atoms with E-state index in [4.69, 9.17) is 0 Å². The molecule has 2 N–H and O–H groups in total. The van der Waals surface area contributed by atoms with Crippen LogP contribution in [0.5, 0.6) is 0 Å². The summed E-state index contributed by atoms with van der Waals surface area (Å²) in [6.07, 6.45) is 2.43. The molecule has 1 aromatic heterocycles. The monoisotopic (exact) mass is 229 g/mol. The average Bonchev–Trinajstić information content (AvgIpc) is 2.97. The number of anilines is 2. The Kier molecular flexibility index (Phi) is 2.29. The molecule has 0 saturated heterocycles. The van der Waals surface area contributed by atoms with Crippen LogP contribution < -0.4 is 10.6 Å². The first kappa shape index (κ1) is 9.89. The van der Waals surface area contributed by atoms with E-state index >= 15 is 0 Å². The molecule has 3 rings (SSSR count). The summed E-state index contributed by atoms with van der Waals surface area (Å²) < 4.78 is 4.65. The van der Waals surface area contributed by atoms with Gasteiger partial charge in [0.25, 0.3) is 5.91 Å². The second kappa shape index (κ2) is 3.93. The second-order valence-corrected chi connectivity index (χ2v) is 3.89. The molecule has 86 valence electrons. The number of hydrogen-bond acceptors (Lipinski definition) is 4. The Hall–Kier alpha value is -2.30. The van der Waals surface area contributed by atoms with E-state index in [9.17, 15) is 4.79 Å². The van der Waals surface area contributed by atoms with E-state index < -0.39 is 0 Å². The average molecular weight is 229 g/mol. The van der Waals surface area contributed by atoms with Crippen molar-refractivity contribution in [2.24, 2.45) is 0 Å². The number of amides is 1. The molecule has 1 aliphatic heterocycles. The molecule has 0 saturated carbocycles. The van der Waals surface area contributed by atoms with E-state index in [0.29, 0.717) is 11.4 Å². The Bertz CT molecular complexity index is 549. The number of carbonyl (C=O) groups is 1. The van der Waals surface area contributed by atoms with Crippen molar-refractivity contribution in [3.63, 3.8) is 0 Å². The van der Waals surface area contributed by atoms with Gasteiger partial charge in [-0.05, 0) is 24.1 Å². The summed E-state index contributed by atoms with van der Waals surface area (Å²) in [5, 5.41) is 9.53. The Labute approximate surface area is 97.8 Å². The predicted molar refractivity (Wildman–Crippen MR) is 63.1 cm³/mol. The minimum absolute atomic E-state index is 0.185. The lowest BCUT2D eigenvalue weighted by Crippen LogP contribution is -2.12. The van der Waals surface area contributed by atoms with Crippen LogP contribution >= 0.6 is 0 Å². The van der Waals surface area contributed by atoms with Crippen LogP contribution in [-0.2, 0) is 6.42 Å². The van der Waals surface area contributed by atoms with Crippen LogP contribution in [0.1, 0.15) is 15.9 Å². The third-order valence-corrected chi connectivity index (χ3v) is 2.76. The van der Waals surface area contributed by atoms with Gasteiger partial charge in [-0.3, -0.25) is 4.79 Å². The van der Waals surface area contributed by atoms with Crippen molar-refractivity contribution >= 4 is 17.4 Å². The lowest BCUT2D eigenvalue weighted by atomic mass is 10.1. The second-order valence-electron chi connectivity index (χ2n) is 3.89. The molecule has 0 fully saturated rings. The van der Waals surface area contributed by atoms with Crippen LogP contribution in [0, 0.1) is 0 Å². The molecular weight excluding hydrogens is 218 g/mol. The van der Waals surface area contributed by atoms with Gasteiger partial charge in [-0.25, -0.2) is 0 Å². The maximum Gasteiger partial charge on any atom is 0.256 e. The predicted octanol–water partition coefficient (Wildman–Crippen LogP) is 1.89. The van der Waals surface area contributed by atoms with E-state index in [-0.39, 0.29) is 5.91 Å². The largest absolute Gasteiger partial charge is 0.384 e. The molecule has 5 heteroatoms. The first-order chi connectivity index (χ1) is 8.33. The number of carbonyl (C=O) groups excluding carboxylic acids is 1. The lowest BCUT2D eigenvalue weighted by molar-refractivity contribution is 0.102. The molecule has 1 amide bonds.